The van der Waals surface area contributed by atoms with E-state index in [1.165, 1.54) is 6.08 Å². The van der Waals surface area contributed by atoms with Crippen LogP contribution in [0.25, 0.3) is 0 Å². The van der Waals surface area contributed by atoms with E-state index in [0.717, 1.165) is 11.3 Å². The molecule has 0 aliphatic carbocycles. The van der Waals surface area contributed by atoms with Crippen LogP contribution in [0.3, 0.4) is 0 Å². The number of cyclic esters (lactones) is 1. The summed E-state index contributed by atoms with van der Waals surface area (Å²) < 4.78 is 10.1. The van der Waals surface area contributed by atoms with Crippen LogP contribution in [0.1, 0.15) is 5.56 Å². The van der Waals surface area contributed by atoms with Crippen LogP contribution in [0.2, 0.25) is 0 Å². The van der Waals surface area contributed by atoms with Crippen LogP contribution in [0.5, 0.6) is 5.75 Å². The van der Waals surface area contributed by atoms with Crippen LogP contribution in [0, 0.1) is 0 Å². The molecule has 2 rings (SSSR count). The third kappa shape index (κ3) is 2.65. The maximum Gasteiger partial charge on any atom is 0.331 e. The van der Waals surface area contributed by atoms with E-state index in [0.29, 0.717) is 6.42 Å². The van der Waals surface area contributed by atoms with E-state index < -0.39 is 18.2 Å². The van der Waals surface area contributed by atoms with Gasteiger partial charge in [-0.3, -0.25) is 0 Å². The number of benzene rings is 1. The molecule has 0 unspecified atom stereocenters. The Labute approximate surface area is 99.5 Å². The second kappa shape index (κ2) is 5.01. The Kier molecular flexibility index (Phi) is 3.44. The lowest BCUT2D eigenvalue weighted by Gasteiger charge is -2.17. The summed E-state index contributed by atoms with van der Waals surface area (Å²) in [6, 6.07) is 7.45. The molecule has 1 aliphatic heterocycles. The molecule has 90 valence electrons. The van der Waals surface area contributed by atoms with Gasteiger partial charge in [-0.1, -0.05) is 18.2 Å². The van der Waals surface area contributed by atoms with Crippen LogP contribution in [0.4, 0.5) is 0 Å². The van der Waals surface area contributed by atoms with Gasteiger partial charge in [0.05, 0.1) is 13.2 Å². The van der Waals surface area contributed by atoms with Crippen molar-refractivity contribution in [3.8, 4) is 5.75 Å². The van der Waals surface area contributed by atoms with Crippen molar-refractivity contribution in [2.24, 2.45) is 0 Å². The average Bonchev–Trinajstić information content (AvgIpc) is 2.77. The molecule has 0 aromatic heterocycles. The largest absolute Gasteiger partial charge is 0.496 e. The number of ether oxygens (including phenoxy) is 2. The number of esters is 1. The zero-order chi connectivity index (χ0) is 12.3. The summed E-state index contributed by atoms with van der Waals surface area (Å²) in [5.41, 5.74) is 0.888. The number of carbonyl (C=O) groups is 1. The number of rotatable bonds is 4. The van der Waals surface area contributed by atoms with Crippen molar-refractivity contribution < 1.29 is 19.4 Å². The summed E-state index contributed by atoms with van der Waals surface area (Å²) in [5, 5.41) is 9.96. The predicted molar refractivity (Wildman–Crippen MR) is 61.7 cm³/mol. The maximum absolute atomic E-state index is 10.9. The van der Waals surface area contributed by atoms with Crippen molar-refractivity contribution in [2.45, 2.75) is 18.6 Å². The second-order valence-electron chi connectivity index (χ2n) is 3.84. The van der Waals surface area contributed by atoms with E-state index in [4.69, 9.17) is 9.47 Å². The summed E-state index contributed by atoms with van der Waals surface area (Å²) >= 11 is 0. The van der Waals surface area contributed by atoms with E-state index in [-0.39, 0.29) is 0 Å². The zero-order valence-electron chi connectivity index (χ0n) is 9.50. The SMILES string of the molecule is COc1ccccc1C[C@H](O)[C@H]1C=CC(=O)O1. The van der Waals surface area contributed by atoms with Crippen molar-refractivity contribution in [3.63, 3.8) is 0 Å². The highest BCUT2D eigenvalue weighted by Gasteiger charge is 2.25. The molecule has 1 N–H and O–H groups in total. The molecule has 4 nitrogen and oxygen atoms in total. The van der Waals surface area contributed by atoms with Crippen molar-refractivity contribution in [3.05, 3.63) is 42.0 Å². The topological polar surface area (TPSA) is 55.8 Å². The van der Waals surface area contributed by atoms with E-state index in [2.05, 4.69) is 0 Å². The first-order chi connectivity index (χ1) is 8.20. The summed E-state index contributed by atoms with van der Waals surface area (Å²) in [4.78, 5) is 10.9. The Morgan fingerprint density at radius 2 is 2.24 bits per heavy atom. The number of hydrogen-bond acceptors (Lipinski definition) is 4. The first-order valence-electron chi connectivity index (χ1n) is 5.39. The summed E-state index contributed by atoms with van der Waals surface area (Å²) in [6.07, 6.45) is 1.96. The predicted octanol–water partition coefficient (Wildman–Crippen LogP) is 1.08. The van der Waals surface area contributed by atoms with Crippen LogP contribution in [-0.4, -0.2) is 30.4 Å². The number of aliphatic hydroxyl groups is 1. The highest BCUT2D eigenvalue weighted by Crippen LogP contribution is 2.21. The van der Waals surface area contributed by atoms with Gasteiger partial charge in [-0.05, 0) is 17.7 Å². The van der Waals surface area contributed by atoms with Gasteiger partial charge in [0, 0.05) is 12.5 Å². The molecule has 17 heavy (non-hydrogen) atoms. The molecule has 0 saturated carbocycles. The van der Waals surface area contributed by atoms with Crippen molar-refractivity contribution in [1.82, 2.24) is 0 Å². The Morgan fingerprint density at radius 3 is 2.88 bits per heavy atom. The van der Waals surface area contributed by atoms with Gasteiger partial charge in [0.1, 0.15) is 11.9 Å². The van der Waals surface area contributed by atoms with Crippen LogP contribution >= 0.6 is 0 Å². The first kappa shape index (κ1) is 11.7. The fourth-order valence-electron chi connectivity index (χ4n) is 1.81. The van der Waals surface area contributed by atoms with Gasteiger partial charge in [0.2, 0.25) is 0 Å². The Balaban J connectivity index is 2.05. The van der Waals surface area contributed by atoms with Gasteiger partial charge >= 0.3 is 5.97 Å². The molecule has 1 aromatic rings. The van der Waals surface area contributed by atoms with Gasteiger partial charge in [0.25, 0.3) is 0 Å². The van der Waals surface area contributed by atoms with E-state index >= 15 is 0 Å². The minimum atomic E-state index is -0.756. The third-order valence-electron chi connectivity index (χ3n) is 2.68. The van der Waals surface area contributed by atoms with Gasteiger partial charge in [-0.15, -0.1) is 0 Å². The second-order valence-corrected chi connectivity index (χ2v) is 3.84. The van der Waals surface area contributed by atoms with Gasteiger partial charge in [-0.25, -0.2) is 4.79 Å². The molecule has 0 amide bonds. The Hall–Kier alpha value is -1.81. The van der Waals surface area contributed by atoms with Gasteiger partial charge < -0.3 is 14.6 Å². The van der Waals surface area contributed by atoms with Crippen molar-refractivity contribution in [1.29, 1.82) is 0 Å². The molecule has 1 aromatic carbocycles. The van der Waals surface area contributed by atoms with Crippen molar-refractivity contribution in [2.75, 3.05) is 7.11 Å². The molecule has 0 fully saturated rings. The standard InChI is InChI=1S/C13H14O4/c1-16-11-5-3-2-4-9(11)8-10(14)12-6-7-13(15)17-12/h2-7,10,12,14H,8H2,1H3/t10-,12+/m0/s1. The molecular weight excluding hydrogens is 220 g/mol. The molecule has 0 radical (unpaired) electrons. The highest BCUT2D eigenvalue weighted by atomic mass is 16.6. The smallest absolute Gasteiger partial charge is 0.331 e. The Bertz CT molecular complexity index is 439. The number of methoxy groups -OCH3 is 1. The van der Waals surface area contributed by atoms with Crippen LogP contribution in [0.15, 0.2) is 36.4 Å². The lowest BCUT2D eigenvalue weighted by Crippen LogP contribution is -2.27. The monoisotopic (exact) mass is 234 g/mol. The number of para-hydroxylation sites is 1. The summed E-state index contributed by atoms with van der Waals surface area (Å²) in [5.74, 6) is 0.314. The highest BCUT2D eigenvalue weighted by molar-refractivity contribution is 5.84. The summed E-state index contributed by atoms with van der Waals surface area (Å²) in [6.45, 7) is 0. The fourth-order valence-corrected chi connectivity index (χ4v) is 1.81. The lowest BCUT2D eigenvalue weighted by molar-refractivity contribution is -0.142. The molecule has 1 heterocycles. The van der Waals surface area contributed by atoms with Gasteiger partial charge in [0.15, 0.2) is 0 Å². The van der Waals surface area contributed by atoms with Crippen LogP contribution in [-0.2, 0) is 16.0 Å². The molecular formula is C13H14O4. The molecule has 0 spiro atoms. The lowest BCUT2D eigenvalue weighted by atomic mass is 10.0. The molecule has 4 heteroatoms. The summed E-state index contributed by atoms with van der Waals surface area (Å²) in [7, 11) is 1.58. The van der Waals surface area contributed by atoms with Crippen molar-refractivity contribution >= 4 is 5.97 Å². The normalized spacial score (nSPS) is 20.1. The molecule has 2 atom stereocenters. The fraction of sp³-hybridized carbons (Fsp3) is 0.308. The zero-order valence-corrected chi connectivity index (χ0v) is 9.50. The van der Waals surface area contributed by atoms with Gasteiger partial charge in [-0.2, -0.15) is 0 Å². The molecule has 0 bridgehead atoms. The number of carbonyl (C=O) groups excluding carboxylic acids is 1. The number of hydrogen-bond donors (Lipinski definition) is 1. The molecule has 1 aliphatic rings. The third-order valence-corrected chi connectivity index (χ3v) is 2.68. The van der Waals surface area contributed by atoms with E-state index in [9.17, 15) is 9.90 Å². The Morgan fingerprint density at radius 1 is 1.47 bits per heavy atom. The quantitative estimate of drug-likeness (QED) is 0.792. The number of aliphatic hydroxyl groups excluding tert-OH is 1. The minimum Gasteiger partial charge on any atom is -0.496 e. The molecule has 0 saturated heterocycles. The first-order valence-corrected chi connectivity index (χ1v) is 5.39. The maximum atomic E-state index is 10.9. The minimum absolute atomic E-state index is 0.381. The van der Waals surface area contributed by atoms with Crippen LogP contribution < -0.4 is 4.74 Å². The van der Waals surface area contributed by atoms with E-state index in [1.54, 1.807) is 13.2 Å². The average molecular weight is 234 g/mol. The van der Waals surface area contributed by atoms with E-state index in [1.807, 2.05) is 24.3 Å².